The smallest absolute Gasteiger partial charge is 0.306 e. The lowest BCUT2D eigenvalue weighted by molar-refractivity contribution is -0.143. The molecule has 2 aliphatic heterocycles. The summed E-state index contributed by atoms with van der Waals surface area (Å²) in [5.74, 6) is -0.832. The van der Waals surface area contributed by atoms with Crippen LogP contribution in [0, 0.1) is 11.7 Å². The Labute approximate surface area is 294 Å². The predicted molar refractivity (Wildman–Crippen MR) is 188 cm³/mol. The Bertz CT molecular complexity index is 1850. The Hall–Kier alpha value is -4.29. The number of carboxylic acid groups (broad SMARTS) is 1. The zero-order valence-corrected chi connectivity index (χ0v) is 28.5. The molecule has 0 unspecified atom stereocenters. The molecule has 0 radical (unpaired) electrons. The molecular formula is C36H37Cl2FN6O4. The highest BCUT2D eigenvalue weighted by Gasteiger charge is 2.26. The van der Waals surface area contributed by atoms with E-state index in [4.69, 9.17) is 27.9 Å². The zero-order chi connectivity index (χ0) is 34.5. The van der Waals surface area contributed by atoms with Gasteiger partial charge in [-0.1, -0.05) is 47.5 Å². The summed E-state index contributed by atoms with van der Waals surface area (Å²) in [6, 6.07) is 14.7. The van der Waals surface area contributed by atoms with Crippen molar-refractivity contribution in [1.29, 1.82) is 0 Å². The molecule has 4 heterocycles. The average molecular weight is 708 g/mol. The molecule has 0 saturated carbocycles. The Morgan fingerprint density at radius 2 is 1.82 bits per heavy atom. The van der Waals surface area contributed by atoms with Crippen molar-refractivity contribution < 1.29 is 23.8 Å². The maximum atomic E-state index is 15.7. The number of carbonyl (C=O) groups excluding carboxylic acids is 1. The lowest BCUT2D eigenvalue weighted by atomic mass is 9.97. The van der Waals surface area contributed by atoms with Gasteiger partial charge in [0.05, 0.1) is 34.5 Å². The number of piperidine rings is 1. The number of benzene rings is 2. The van der Waals surface area contributed by atoms with E-state index in [2.05, 4.69) is 30.8 Å². The van der Waals surface area contributed by atoms with Gasteiger partial charge in [-0.05, 0) is 56.6 Å². The highest BCUT2D eigenvalue weighted by atomic mass is 35.5. The Morgan fingerprint density at radius 3 is 2.55 bits per heavy atom. The molecule has 2 saturated heterocycles. The number of nitrogens with one attached hydrogen (secondary N) is 3. The van der Waals surface area contributed by atoms with Crippen LogP contribution in [0.25, 0.3) is 22.4 Å². The number of carbonyl (C=O) groups is 2. The van der Waals surface area contributed by atoms with Crippen molar-refractivity contribution in [3.63, 3.8) is 0 Å². The molecule has 256 valence electrons. The number of nitrogens with zero attached hydrogens (tertiary/aromatic N) is 3. The van der Waals surface area contributed by atoms with Crippen LogP contribution in [0.3, 0.4) is 0 Å². The highest BCUT2D eigenvalue weighted by Crippen LogP contribution is 2.42. The molecule has 2 fully saturated rings. The normalized spacial score (nSPS) is 16.8. The second kappa shape index (κ2) is 15.5. The van der Waals surface area contributed by atoms with Gasteiger partial charge in [-0.15, -0.1) is 0 Å². The van der Waals surface area contributed by atoms with Crippen molar-refractivity contribution in [2.24, 2.45) is 5.92 Å². The van der Waals surface area contributed by atoms with Crippen molar-refractivity contribution >= 4 is 46.6 Å². The standard InChI is InChI=1S/C36H37Cl2FN6O4/c1-49-29-17-22(5-6-23(29)18-40-19-25-7-8-30(46)43-25)34-32(38)27(10-14-41-34)26-3-2-4-28(31(26)37)44-35-33(39)24(9-13-42-35)20-45-15-11-21(12-16-45)36(47)48/h2-6,9-10,13-14,17,21,25,40H,7-8,11-12,15-16,18-20H2,1H3,(H,42,44)(H,43,46)(H,47,48)/t25-/m0/s1. The topological polar surface area (TPSA) is 129 Å². The molecule has 0 spiro atoms. The maximum Gasteiger partial charge on any atom is 0.306 e. The molecule has 0 bridgehead atoms. The van der Waals surface area contributed by atoms with Gasteiger partial charge in [0.1, 0.15) is 5.75 Å². The summed E-state index contributed by atoms with van der Waals surface area (Å²) < 4.78 is 21.4. The maximum absolute atomic E-state index is 15.7. The molecular weight excluding hydrogens is 670 g/mol. The van der Waals surface area contributed by atoms with Gasteiger partial charge >= 0.3 is 5.97 Å². The number of aromatic nitrogens is 2. The molecule has 0 aliphatic carbocycles. The first-order valence-corrected chi connectivity index (χ1v) is 16.9. The number of hydrogen-bond donors (Lipinski definition) is 4. The molecule has 1 atom stereocenters. The molecule has 10 nitrogen and oxygen atoms in total. The largest absolute Gasteiger partial charge is 0.496 e. The quantitative estimate of drug-likeness (QED) is 0.128. The highest BCUT2D eigenvalue weighted by molar-refractivity contribution is 6.39. The number of likely N-dealkylation sites (tertiary alicyclic amines) is 1. The number of halogens is 3. The average Bonchev–Trinajstić information content (AvgIpc) is 3.52. The number of ether oxygens (including phenoxy) is 1. The Kier molecular flexibility index (Phi) is 10.9. The zero-order valence-electron chi connectivity index (χ0n) is 26.9. The predicted octanol–water partition coefficient (Wildman–Crippen LogP) is 6.67. The van der Waals surface area contributed by atoms with Gasteiger partial charge in [-0.3, -0.25) is 19.5 Å². The lowest BCUT2D eigenvalue weighted by Crippen LogP contribution is -2.36. The van der Waals surface area contributed by atoms with Gasteiger partial charge in [-0.2, -0.15) is 0 Å². The minimum Gasteiger partial charge on any atom is -0.496 e. The number of hydrogen-bond acceptors (Lipinski definition) is 8. The molecule has 4 aromatic rings. The van der Waals surface area contributed by atoms with Gasteiger partial charge in [0.15, 0.2) is 11.6 Å². The van der Waals surface area contributed by atoms with E-state index in [0.717, 1.165) is 17.5 Å². The Balaban J connectivity index is 1.18. The number of rotatable bonds is 12. The van der Waals surface area contributed by atoms with Crippen molar-refractivity contribution in [2.45, 2.75) is 44.8 Å². The summed E-state index contributed by atoms with van der Waals surface area (Å²) in [5.41, 5.74) is 4.46. The van der Waals surface area contributed by atoms with Crippen molar-refractivity contribution in [3.8, 4) is 28.1 Å². The SMILES string of the molecule is COc1cc(-c2nccc(-c3cccc(Nc4nccc(CN5CCC(C(=O)O)CC5)c4F)c3Cl)c2Cl)ccc1CNC[C@@H]1CCC(=O)N1. The fraction of sp³-hybridized carbons (Fsp3) is 0.333. The van der Waals surface area contributed by atoms with E-state index < -0.39 is 11.8 Å². The fourth-order valence-electron chi connectivity index (χ4n) is 6.34. The van der Waals surface area contributed by atoms with Crippen molar-refractivity contribution in [3.05, 3.63) is 87.9 Å². The minimum absolute atomic E-state index is 0.0353. The molecule has 1 amide bonds. The number of amides is 1. The van der Waals surface area contributed by atoms with E-state index in [0.29, 0.717) is 95.9 Å². The second-order valence-corrected chi connectivity index (χ2v) is 13.1. The van der Waals surface area contributed by atoms with Crippen LogP contribution in [0.2, 0.25) is 10.0 Å². The first-order chi connectivity index (χ1) is 23.7. The van der Waals surface area contributed by atoms with E-state index in [-0.39, 0.29) is 23.7 Å². The van der Waals surface area contributed by atoms with Crippen LogP contribution < -0.4 is 20.7 Å². The number of aliphatic carboxylic acids is 1. The first kappa shape index (κ1) is 34.6. The van der Waals surface area contributed by atoms with Crippen LogP contribution >= 0.6 is 23.2 Å². The number of carboxylic acids is 1. The van der Waals surface area contributed by atoms with E-state index in [9.17, 15) is 14.7 Å². The summed E-state index contributed by atoms with van der Waals surface area (Å²) in [7, 11) is 1.61. The lowest BCUT2D eigenvalue weighted by Gasteiger charge is -2.30. The van der Waals surface area contributed by atoms with Crippen LogP contribution in [0.5, 0.6) is 5.75 Å². The summed E-state index contributed by atoms with van der Waals surface area (Å²) in [5, 5.41) is 19.4. The van der Waals surface area contributed by atoms with E-state index in [1.807, 2.05) is 24.3 Å². The third-order valence-corrected chi connectivity index (χ3v) is 9.87. The van der Waals surface area contributed by atoms with E-state index >= 15 is 4.39 Å². The van der Waals surface area contributed by atoms with Crippen molar-refractivity contribution in [1.82, 2.24) is 25.5 Å². The van der Waals surface area contributed by atoms with Gasteiger partial charge in [0.2, 0.25) is 5.91 Å². The van der Waals surface area contributed by atoms with Crippen LogP contribution in [0.4, 0.5) is 15.9 Å². The van der Waals surface area contributed by atoms with E-state index in [1.54, 1.807) is 43.8 Å². The van der Waals surface area contributed by atoms with Crippen LogP contribution in [0.15, 0.2) is 60.9 Å². The first-order valence-electron chi connectivity index (χ1n) is 16.2. The molecule has 2 aromatic heterocycles. The van der Waals surface area contributed by atoms with E-state index in [1.165, 1.54) is 0 Å². The van der Waals surface area contributed by atoms with Gasteiger partial charge in [-0.25, -0.2) is 9.37 Å². The summed E-state index contributed by atoms with van der Waals surface area (Å²) >= 11 is 13.9. The monoisotopic (exact) mass is 706 g/mol. The van der Waals surface area contributed by atoms with Gasteiger partial charge in [0.25, 0.3) is 0 Å². The molecule has 13 heteroatoms. The third-order valence-electron chi connectivity index (χ3n) is 9.08. The molecule has 2 aliphatic rings. The minimum atomic E-state index is -0.781. The summed E-state index contributed by atoms with van der Waals surface area (Å²) in [6.07, 6.45) is 5.66. The van der Waals surface area contributed by atoms with Gasteiger partial charge in [0, 0.05) is 72.3 Å². The fourth-order valence-corrected chi connectivity index (χ4v) is 6.94. The third kappa shape index (κ3) is 7.96. The number of anilines is 2. The summed E-state index contributed by atoms with van der Waals surface area (Å²) in [6.45, 7) is 2.75. The van der Waals surface area contributed by atoms with Crippen LogP contribution in [-0.2, 0) is 22.7 Å². The second-order valence-electron chi connectivity index (χ2n) is 12.3. The molecule has 49 heavy (non-hydrogen) atoms. The van der Waals surface area contributed by atoms with Gasteiger partial charge < -0.3 is 25.8 Å². The molecule has 2 aromatic carbocycles. The number of pyridine rings is 2. The van der Waals surface area contributed by atoms with Crippen LogP contribution in [-0.4, -0.2) is 64.6 Å². The molecule has 4 N–H and O–H groups in total. The summed E-state index contributed by atoms with van der Waals surface area (Å²) in [4.78, 5) is 33.7. The van der Waals surface area contributed by atoms with Crippen molar-refractivity contribution in [2.75, 3.05) is 32.1 Å². The van der Waals surface area contributed by atoms with Crippen LogP contribution in [0.1, 0.15) is 36.8 Å². The Morgan fingerprint density at radius 1 is 1.04 bits per heavy atom. The number of methoxy groups -OCH3 is 1. The molecule has 6 rings (SSSR count).